The molecule has 0 spiro atoms. The van der Waals surface area contributed by atoms with Gasteiger partial charge in [0.2, 0.25) is 0 Å². The van der Waals surface area contributed by atoms with Gasteiger partial charge in [-0.1, -0.05) is 12.1 Å². The van der Waals surface area contributed by atoms with E-state index >= 15 is 0 Å². The molecule has 0 amide bonds. The Morgan fingerprint density at radius 1 is 1.21 bits per heavy atom. The first-order valence-electron chi connectivity index (χ1n) is 5.72. The van der Waals surface area contributed by atoms with Gasteiger partial charge in [0, 0.05) is 22.3 Å². The molecule has 0 aliphatic carbocycles. The quantitative estimate of drug-likeness (QED) is 0.522. The van der Waals surface area contributed by atoms with E-state index in [-0.39, 0.29) is 16.4 Å². The smallest absolute Gasteiger partial charge is 0.272 e. The summed E-state index contributed by atoms with van der Waals surface area (Å²) in [6, 6.07) is 12.0. The molecule has 0 saturated heterocycles. The number of rotatable bonds is 4. The predicted molar refractivity (Wildman–Crippen MR) is 75.5 cm³/mol. The highest BCUT2D eigenvalue weighted by Crippen LogP contribution is 2.28. The largest absolute Gasteiger partial charge is 0.508 e. The summed E-state index contributed by atoms with van der Waals surface area (Å²) in [6.45, 7) is 1.77. The van der Waals surface area contributed by atoms with Crippen molar-refractivity contribution < 1.29 is 10.0 Å². The van der Waals surface area contributed by atoms with Gasteiger partial charge in [-0.2, -0.15) is 0 Å². The molecule has 0 bridgehead atoms. The van der Waals surface area contributed by atoms with Crippen LogP contribution in [0.3, 0.4) is 0 Å². The first kappa shape index (κ1) is 13.4. The van der Waals surface area contributed by atoms with Crippen LogP contribution in [0.5, 0.6) is 5.75 Å². The molecule has 0 aliphatic heterocycles. The van der Waals surface area contributed by atoms with Crippen LogP contribution in [0.1, 0.15) is 11.1 Å². The van der Waals surface area contributed by atoms with Gasteiger partial charge >= 0.3 is 0 Å². The predicted octanol–water partition coefficient (Wildman–Crippen LogP) is 3.90. The number of benzene rings is 2. The number of phenolic OH excluding ortho intramolecular Hbond substituents is 1. The van der Waals surface area contributed by atoms with Gasteiger partial charge in [0.25, 0.3) is 5.69 Å². The third kappa shape index (κ3) is 3.26. The van der Waals surface area contributed by atoms with E-state index in [1.165, 1.54) is 6.07 Å². The van der Waals surface area contributed by atoms with Crippen molar-refractivity contribution >= 4 is 17.4 Å². The van der Waals surface area contributed by atoms with Gasteiger partial charge in [-0.15, -0.1) is 11.8 Å². The molecule has 4 nitrogen and oxygen atoms in total. The summed E-state index contributed by atoms with van der Waals surface area (Å²) in [5.74, 6) is 0.897. The minimum atomic E-state index is -0.357. The van der Waals surface area contributed by atoms with Gasteiger partial charge in [0.15, 0.2) is 0 Å². The minimum Gasteiger partial charge on any atom is -0.508 e. The number of nitro groups is 1. The van der Waals surface area contributed by atoms with Gasteiger partial charge in [-0.05, 0) is 36.8 Å². The second-order valence-electron chi connectivity index (χ2n) is 4.10. The molecule has 19 heavy (non-hydrogen) atoms. The van der Waals surface area contributed by atoms with Crippen LogP contribution in [-0.4, -0.2) is 10.0 Å². The van der Waals surface area contributed by atoms with Crippen LogP contribution in [0.2, 0.25) is 0 Å². The van der Waals surface area contributed by atoms with E-state index in [9.17, 15) is 15.2 Å². The van der Waals surface area contributed by atoms with Crippen molar-refractivity contribution in [2.45, 2.75) is 17.6 Å². The maximum Gasteiger partial charge on any atom is 0.272 e. The average Bonchev–Trinajstić information content (AvgIpc) is 2.39. The number of phenols is 1. The molecule has 0 aliphatic rings. The van der Waals surface area contributed by atoms with Crippen molar-refractivity contribution in [1.29, 1.82) is 0 Å². The Morgan fingerprint density at radius 2 is 1.89 bits per heavy atom. The van der Waals surface area contributed by atoms with Gasteiger partial charge in [0.1, 0.15) is 5.75 Å². The number of nitrogens with zero attached hydrogens (tertiary/aromatic N) is 1. The summed E-state index contributed by atoms with van der Waals surface area (Å²) in [7, 11) is 0. The van der Waals surface area contributed by atoms with E-state index in [0.29, 0.717) is 11.3 Å². The van der Waals surface area contributed by atoms with Crippen molar-refractivity contribution in [1.82, 2.24) is 0 Å². The van der Waals surface area contributed by atoms with Gasteiger partial charge in [-0.3, -0.25) is 10.1 Å². The number of thioether (sulfide) groups is 1. The molecule has 0 saturated carbocycles. The molecule has 5 heteroatoms. The zero-order valence-corrected chi connectivity index (χ0v) is 11.2. The van der Waals surface area contributed by atoms with Gasteiger partial charge in [0.05, 0.1) is 4.92 Å². The first-order valence-corrected chi connectivity index (χ1v) is 6.71. The Labute approximate surface area is 115 Å². The second kappa shape index (κ2) is 5.75. The van der Waals surface area contributed by atoms with Crippen molar-refractivity contribution in [3.05, 3.63) is 63.7 Å². The molecule has 98 valence electrons. The lowest BCUT2D eigenvalue weighted by Gasteiger charge is -2.06. The average molecular weight is 275 g/mol. The van der Waals surface area contributed by atoms with Crippen molar-refractivity contribution in [3.8, 4) is 5.75 Å². The van der Waals surface area contributed by atoms with Crippen LogP contribution in [0.25, 0.3) is 0 Å². The summed E-state index contributed by atoms with van der Waals surface area (Å²) in [5, 5.41) is 20.1. The molecule has 2 aromatic rings. The Morgan fingerprint density at radius 3 is 2.53 bits per heavy atom. The van der Waals surface area contributed by atoms with Crippen LogP contribution in [0.4, 0.5) is 5.69 Å². The second-order valence-corrected chi connectivity index (χ2v) is 5.15. The SMILES string of the molecule is Cc1c(CSc2ccc(O)cc2)cccc1[N+](=O)[O-]. The van der Waals surface area contributed by atoms with E-state index < -0.39 is 0 Å². The summed E-state index contributed by atoms with van der Waals surface area (Å²) >= 11 is 1.58. The Bertz CT molecular complexity index is 596. The fraction of sp³-hybridized carbons (Fsp3) is 0.143. The van der Waals surface area contributed by atoms with Crippen LogP contribution >= 0.6 is 11.8 Å². The van der Waals surface area contributed by atoms with Crippen LogP contribution < -0.4 is 0 Å². The fourth-order valence-electron chi connectivity index (χ4n) is 1.73. The molecule has 0 atom stereocenters. The molecular weight excluding hydrogens is 262 g/mol. The standard InChI is InChI=1S/C14H13NO3S/c1-10-11(3-2-4-14(10)15(17)18)9-19-13-7-5-12(16)6-8-13/h2-8,16H,9H2,1H3. The molecule has 2 rings (SSSR count). The zero-order valence-electron chi connectivity index (χ0n) is 10.4. The molecule has 0 heterocycles. The van der Waals surface area contributed by atoms with Crippen molar-refractivity contribution in [3.63, 3.8) is 0 Å². The highest BCUT2D eigenvalue weighted by molar-refractivity contribution is 7.98. The highest BCUT2D eigenvalue weighted by Gasteiger charge is 2.12. The lowest BCUT2D eigenvalue weighted by Crippen LogP contribution is -1.95. The number of nitro benzene ring substituents is 1. The van der Waals surface area contributed by atoms with E-state index in [1.807, 2.05) is 18.2 Å². The molecule has 0 fully saturated rings. The van der Waals surface area contributed by atoms with Crippen LogP contribution in [0, 0.1) is 17.0 Å². The molecule has 0 aromatic heterocycles. The molecule has 0 radical (unpaired) electrons. The van der Waals surface area contributed by atoms with E-state index in [1.54, 1.807) is 36.9 Å². The fourth-order valence-corrected chi connectivity index (χ4v) is 2.69. The summed E-state index contributed by atoms with van der Waals surface area (Å²) in [4.78, 5) is 11.5. The minimum absolute atomic E-state index is 0.156. The number of aromatic hydroxyl groups is 1. The third-order valence-corrected chi connectivity index (χ3v) is 3.91. The Balaban J connectivity index is 2.13. The topological polar surface area (TPSA) is 63.4 Å². The third-order valence-electron chi connectivity index (χ3n) is 2.85. The Hall–Kier alpha value is -2.01. The maximum atomic E-state index is 10.9. The van der Waals surface area contributed by atoms with Crippen LogP contribution in [0.15, 0.2) is 47.4 Å². The van der Waals surface area contributed by atoms with Crippen LogP contribution in [-0.2, 0) is 5.75 Å². The molecule has 1 N–H and O–H groups in total. The monoisotopic (exact) mass is 275 g/mol. The van der Waals surface area contributed by atoms with E-state index in [2.05, 4.69) is 0 Å². The molecular formula is C14H13NO3S. The van der Waals surface area contributed by atoms with E-state index in [4.69, 9.17) is 0 Å². The summed E-state index contributed by atoms with van der Waals surface area (Å²) in [6.07, 6.45) is 0. The van der Waals surface area contributed by atoms with Gasteiger partial charge < -0.3 is 5.11 Å². The lowest BCUT2D eigenvalue weighted by atomic mass is 10.1. The van der Waals surface area contributed by atoms with Gasteiger partial charge in [-0.25, -0.2) is 0 Å². The highest BCUT2D eigenvalue weighted by atomic mass is 32.2. The Kier molecular flexibility index (Phi) is 4.06. The molecule has 0 unspecified atom stereocenters. The van der Waals surface area contributed by atoms with Crippen molar-refractivity contribution in [2.75, 3.05) is 0 Å². The zero-order chi connectivity index (χ0) is 13.8. The summed E-state index contributed by atoms with van der Waals surface area (Å²) in [5.41, 5.74) is 1.81. The first-order chi connectivity index (χ1) is 9.08. The normalized spacial score (nSPS) is 10.4. The van der Waals surface area contributed by atoms with E-state index in [0.717, 1.165) is 10.5 Å². The summed E-state index contributed by atoms with van der Waals surface area (Å²) < 4.78 is 0. The number of hydrogen-bond acceptors (Lipinski definition) is 4. The number of hydrogen-bond donors (Lipinski definition) is 1. The molecule has 2 aromatic carbocycles. The van der Waals surface area contributed by atoms with Crippen molar-refractivity contribution in [2.24, 2.45) is 0 Å². The maximum absolute atomic E-state index is 10.9. The lowest BCUT2D eigenvalue weighted by molar-refractivity contribution is -0.385.